The van der Waals surface area contributed by atoms with Crippen molar-refractivity contribution in [2.24, 2.45) is 0 Å². The van der Waals surface area contributed by atoms with Gasteiger partial charge >= 0.3 is 0 Å². The molecular formula is C14H2N6. The lowest BCUT2D eigenvalue weighted by atomic mass is 10.1. The fraction of sp³-hybridized carbons (Fsp3) is 0. The molecule has 6 heteroatoms. The molecule has 1 rings (SSSR count). The molecule has 0 radical (unpaired) electrons. The van der Waals surface area contributed by atoms with E-state index in [2.05, 4.69) is 14.5 Å². The zero-order valence-corrected chi connectivity index (χ0v) is 9.84. The second-order valence-corrected chi connectivity index (χ2v) is 3.28. The molecule has 0 spiro atoms. The van der Waals surface area contributed by atoms with Crippen molar-refractivity contribution in [2.45, 2.75) is 0 Å². The van der Waals surface area contributed by atoms with E-state index in [1.54, 1.807) is 18.2 Å². The fourth-order valence-electron chi connectivity index (χ4n) is 1.45. The van der Waals surface area contributed by atoms with Crippen LogP contribution in [0.5, 0.6) is 0 Å². The van der Waals surface area contributed by atoms with Gasteiger partial charge in [0.05, 0.1) is 37.9 Å². The molecule has 0 bridgehead atoms. The van der Waals surface area contributed by atoms with E-state index in [1.807, 2.05) is 0 Å². The van der Waals surface area contributed by atoms with Crippen LogP contribution in [0.25, 0.3) is 25.9 Å². The molecule has 0 saturated carbocycles. The van der Waals surface area contributed by atoms with Crippen molar-refractivity contribution in [3.63, 3.8) is 0 Å². The van der Waals surface area contributed by atoms with Crippen molar-refractivity contribution in [1.29, 1.82) is 15.8 Å². The highest BCUT2D eigenvalue weighted by Crippen LogP contribution is 2.07. The van der Waals surface area contributed by atoms with Crippen LogP contribution < -0.4 is 10.4 Å². The van der Waals surface area contributed by atoms with Crippen LogP contribution in [-0.4, -0.2) is 0 Å². The van der Waals surface area contributed by atoms with Crippen molar-refractivity contribution >= 4 is 17.1 Å². The molecule has 0 aliphatic carbocycles. The molecule has 0 fully saturated rings. The number of nitriles is 3. The van der Waals surface area contributed by atoms with Crippen molar-refractivity contribution in [3.05, 3.63) is 62.4 Å². The molecule has 0 amide bonds. The Kier molecular flexibility index (Phi) is 4.19. The van der Waals surface area contributed by atoms with Gasteiger partial charge in [0.15, 0.2) is 5.69 Å². The lowest BCUT2D eigenvalue weighted by Crippen LogP contribution is -2.16. The van der Waals surface area contributed by atoms with Crippen LogP contribution in [0.15, 0.2) is 12.1 Å². The average Bonchev–Trinajstić information content (AvgIpc) is 2.50. The number of benzene rings is 1. The summed E-state index contributed by atoms with van der Waals surface area (Å²) in [5, 5.41) is 26.8. The lowest BCUT2D eigenvalue weighted by molar-refractivity contribution is 1.42. The molecule has 0 N–H and O–H groups in total. The highest BCUT2D eigenvalue weighted by molar-refractivity contribution is 5.74. The van der Waals surface area contributed by atoms with Crippen molar-refractivity contribution in [2.75, 3.05) is 0 Å². The van der Waals surface area contributed by atoms with Crippen LogP contribution >= 0.6 is 0 Å². The summed E-state index contributed by atoms with van der Waals surface area (Å²) in [6.45, 7) is 20.8. The summed E-state index contributed by atoms with van der Waals surface area (Å²) in [6.07, 6.45) is 0. The molecule has 0 aliphatic rings. The second kappa shape index (κ2) is 6.00. The van der Waals surface area contributed by atoms with Crippen LogP contribution in [0, 0.1) is 53.7 Å². The molecule has 6 nitrogen and oxygen atoms in total. The topological polar surface area (TPSA) is 84.4 Å². The lowest BCUT2D eigenvalue weighted by Gasteiger charge is -1.98. The average molecular weight is 254 g/mol. The smallest absolute Gasteiger partial charge is 0.239 e. The van der Waals surface area contributed by atoms with Gasteiger partial charge in [-0.3, -0.25) is 0 Å². The van der Waals surface area contributed by atoms with Gasteiger partial charge in [-0.2, -0.15) is 5.26 Å². The minimum atomic E-state index is -0.320. The van der Waals surface area contributed by atoms with Crippen LogP contribution in [0.3, 0.4) is 0 Å². The first-order valence-corrected chi connectivity index (χ1v) is 4.92. The van der Waals surface area contributed by atoms with E-state index in [4.69, 9.17) is 35.5 Å². The molecule has 0 aromatic heterocycles. The van der Waals surface area contributed by atoms with Gasteiger partial charge in [0, 0.05) is 5.56 Å². The summed E-state index contributed by atoms with van der Waals surface area (Å²) in [4.78, 5) is 9.17. The number of rotatable bonds is 0. The summed E-state index contributed by atoms with van der Waals surface area (Å²) < 4.78 is 0. The van der Waals surface area contributed by atoms with Gasteiger partial charge in [-0.25, -0.2) is 25.1 Å². The normalized spacial score (nSPS) is 11.3. The highest BCUT2D eigenvalue weighted by atomic mass is 14.7. The Hall–Kier alpha value is -4.10. The Bertz CT molecular complexity index is 842. The number of nitrogens with zero attached hydrogens (tertiary/aromatic N) is 6. The molecule has 1 aromatic carbocycles. The van der Waals surface area contributed by atoms with E-state index in [0.717, 1.165) is 0 Å². The molecule has 88 valence electrons. The van der Waals surface area contributed by atoms with Crippen molar-refractivity contribution in [1.82, 2.24) is 0 Å². The molecular weight excluding hydrogens is 252 g/mol. The summed E-state index contributed by atoms with van der Waals surface area (Å²) in [5.41, 5.74) is -0.723. The Morgan fingerprint density at radius 1 is 0.900 bits per heavy atom. The molecule has 1 aromatic rings. The molecule has 20 heavy (non-hydrogen) atoms. The van der Waals surface area contributed by atoms with E-state index in [9.17, 15) is 0 Å². The van der Waals surface area contributed by atoms with Gasteiger partial charge in [-0.1, -0.05) is 12.1 Å². The highest BCUT2D eigenvalue weighted by Gasteiger charge is 2.08. The quantitative estimate of drug-likeness (QED) is 0.652. The van der Waals surface area contributed by atoms with E-state index in [-0.39, 0.29) is 33.1 Å². The maximum Gasteiger partial charge on any atom is 0.269 e. The summed E-state index contributed by atoms with van der Waals surface area (Å²) >= 11 is 0. The zero-order chi connectivity index (χ0) is 15.1. The van der Waals surface area contributed by atoms with E-state index in [1.165, 1.54) is 12.1 Å². The third kappa shape index (κ3) is 2.27. The predicted octanol–water partition coefficient (Wildman–Crippen LogP) is 1.21. The second-order valence-electron chi connectivity index (χ2n) is 3.28. The van der Waals surface area contributed by atoms with Crippen molar-refractivity contribution < 1.29 is 0 Å². The number of hydrogen-bond acceptors (Lipinski definition) is 3. The maximum atomic E-state index is 9.05. The number of hydrogen-bond donors (Lipinski definition) is 0. The van der Waals surface area contributed by atoms with E-state index < -0.39 is 0 Å². The van der Waals surface area contributed by atoms with Gasteiger partial charge in [-0.05, 0) is 10.4 Å². The SMILES string of the molecule is [C-]#[N+]C(C#N)=c1cc([N+]#[C-])c(=C(C#N)[N+]#[C-])cc1C#N. The van der Waals surface area contributed by atoms with Crippen LogP contribution in [0.4, 0.5) is 5.69 Å². The predicted molar refractivity (Wildman–Crippen MR) is 67.9 cm³/mol. The standard InChI is InChI=1S/C14H2N6/c1-18-12-5-10(13(7-16)19-2)9(6-15)4-11(12)14(8-17)20-3/h4-5H. The molecule has 0 atom stereocenters. The van der Waals surface area contributed by atoms with Gasteiger partial charge in [0.25, 0.3) is 11.4 Å². The van der Waals surface area contributed by atoms with E-state index in [0.29, 0.717) is 0 Å². The zero-order valence-electron chi connectivity index (χ0n) is 9.84. The first-order chi connectivity index (χ1) is 9.66. The van der Waals surface area contributed by atoms with Crippen LogP contribution in [0.1, 0.15) is 5.56 Å². The maximum absolute atomic E-state index is 9.05. The molecule has 0 unspecified atom stereocenters. The largest absolute Gasteiger partial charge is 0.269 e. The van der Waals surface area contributed by atoms with Crippen LogP contribution in [0.2, 0.25) is 0 Å². The minimum Gasteiger partial charge on any atom is -0.239 e. The molecule has 0 saturated heterocycles. The fourth-order valence-corrected chi connectivity index (χ4v) is 1.45. The van der Waals surface area contributed by atoms with Gasteiger partial charge in [-0.15, -0.1) is 0 Å². The Morgan fingerprint density at radius 2 is 1.45 bits per heavy atom. The Labute approximate surface area is 114 Å². The summed E-state index contributed by atoms with van der Waals surface area (Å²) in [5.74, 6) is 0. The van der Waals surface area contributed by atoms with Gasteiger partial charge in [0.1, 0.15) is 0 Å². The van der Waals surface area contributed by atoms with Crippen LogP contribution in [-0.2, 0) is 0 Å². The van der Waals surface area contributed by atoms with E-state index >= 15 is 0 Å². The Morgan fingerprint density at radius 3 is 1.85 bits per heavy atom. The van der Waals surface area contributed by atoms with Gasteiger partial charge in [0.2, 0.25) is 0 Å². The third-order valence-electron chi connectivity index (χ3n) is 2.32. The van der Waals surface area contributed by atoms with Crippen molar-refractivity contribution in [3.8, 4) is 18.2 Å². The summed E-state index contributed by atoms with van der Waals surface area (Å²) in [6, 6.07) is 7.45. The third-order valence-corrected chi connectivity index (χ3v) is 2.32. The molecule has 0 heterocycles. The molecule has 0 aliphatic heterocycles. The first kappa shape index (κ1) is 14.0. The Balaban J connectivity index is 4.21. The monoisotopic (exact) mass is 254 g/mol. The first-order valence-electron chi connectivity index (χ1n) is 4.92. The summed E-state index contributed by atoms with van der Waals surface area (Å²) in [7, 11) is 0. The van der Waals surface area contributed by atoms with Gasteiger partial charge < -0.3 is 0 Å². The minimum absolute atomic E-state index is 0.0278.